The van der Waals surface area contributed by atoms with Crippen molar-refractivity contribution in [2.45, 2.75) is 38.9 Å². The first-order chi connectivity index (χ1) is 15.0. The van der Waals surface area contributed by atoms with Gasteiger partial charge in [0.05, 0.1) is 12.6 Å². The van der Waals surface area contributed by atoms with Crippen molar-refractivity contribution in [3.05, 3.63) is 65.7 Å². The van der Waals surface area contributed by atoms with Gasteiger partial charge in [-0.3, -0.25) is 4.79 Å². The molecule has 2 aliphatic rings. The van der Waals surface area contributed by atoms with E-state index in [1.165, 1.54) is 17.7 Å². The van der Waals surface area contributed by atoms with E-state index in [9.17, 15) is 9.18 Å². The highest BCUT2D eigenvalue weighted by Crippen LogP contribution is 2.35. The van der Waals surface area contributed by atoms with Gasteiger partial charge in [-0.05, 0) is 62.1 Å². The maximum Gasteiger partial charge on any atom is 0.240 e. The molecule has 3 aromatic rings. The molecule has 2 heterocycles. The van der Waals surface area contributed by atoms with Gasteiger partial charge in [0.2, 0.25) is 5.91 Å². The largest absolute Gasteiger partial charge is 0.340 e. The fourth-order valence-corrected chi connectivity index (χ4v) is 4.10. The van der Waals surface area contributed by atoms with Crippen molar-refractivity contribution in [3.63, 3.8) is 0 Å². The van der Waals surface area contributed by atoms with Crippen LogP contribution in [-0.4, -0.2) is 32.9 Å². The number of aryl methyl sites for hydroxylation is 1. The number of hydrogen-bond acceptors (Lipinski definition) is 4. The van der Waals surface area contributed by atoms with E-state index in [-0.39, 0.29) is 11.7 Å². The van der Waals surface area contributed by atoms with Gasteiger partial charge < -0.3 is 20.5 Å². The average molecular weight is 420 g/mol. The molecule has 1 aliphatic heterocycles. The third kappa shape index (κ3) is 3.93. The number of hydrogen-bond donors (Lipinski definition) is 2. The van der Waals surface area contributed by atoms with Crippen molar-refractivity contribution in [2.75, 3.05) is 11.9 Å². The lowest BCUT2D eigenvalue weighted by atomic mass is 10.1. The van der Waals surface area contributed by atoms with Gasteiger partial charge in [0.25, 0.3) is 0 Å². The number of amides is 1. The lowest BCUT2D eigenvalue weighted by molar-refractivity contribution is -0.134. The van der Waals surface area contributed by atoms with E-state index in [1.807, 2.05) is 36.1 Å². The van der Waals surface area contributed by atoms with Crippen molar-refractivity contribution in [2.24, 2.45) is 11.7 Å². The van der Waals surface area contributed by atoms with Crippen LogP contribution >= 0.6 is 0 Å². The molecule has 0 unspecified atom stereocenters. The molecule has 5 rings (SSSR count). The Hall–Kier alpha value is -3.19. The van der Waals surface area contributed by atoms with Gasteiger partial charge in [0.15, 0.2) is 0 Å². The number of carbonyl (C=O) groups excluding carboxylic acids is 1. The van der Waals surface area contributed by atoms with E-state index >= 15 is 0 Å². The smallest absolute Gasteiger partial charge is 0.240 e. The van der Waals surface area contributed by atoms with E-state index < -0.39 is 6.04 Å². The Labute approximate surface area is 180 Å². The molecular weight excluding hydrogens is 393 g/mol. The van der Waals surface area contributed by atoms with Crippen molar-refractivity contribution >= 4 is 17.4 Å². The Kier molecular flexibility index (Phi) is 4.98. The molecule has 0 radical (unpaired) electrons. The fourth-order valence-electron chi connectivity index (χ4n) is 4.10. The zero-order valence-electron chi connectivity index (χ0n) is 17.5. The Morgan fingerprint density at radius 2 is 1.84 bits per heavy atom. The first-order valence-corrected chi connectivity index (χ1v) is 10.7. The molecule has 1 atom stereocenters. The van der Waals surface area contributed by atoms with Crippen LogP contribution in [-0.2, 0) is 17.9 Å². The second-order valence-electron chi connectivity index (χ2n) is 8.50. The zero-order chi connectivity index (χ0) is 21.5. The number of nitrogens with two attached hydrogens (primary N) is 1. The van der Waals surface area contributed by atoms with Crippen LogP contribution in [0, 0.1) is 18.7 Å². The number of carbonyl (C=O) groups is 1. The number of nitrogens with zero attached hydrogens (tertiary/aromatic N) is 3. The number of fused-ring (bicyclic) bond motifs is 1. The predicted octanol–water partition coefficient (Wildman–Crippen LogP) is 3.82. The van der Waals surface area contributed by atoms with Crippen LogP contribution in [0.1, 0.15) is 24.2 Å². The standard InChI is InChI=1S/C24H26FN5O/c1-15-2-10-19(11-3-15)27-23-22(17-6-8-18(25)9-7-17)28-20-14-29(12-13-30(20)23)24(31)21(26)16-4-5-16/h2-3,6-11,16,21,27H,4-5,12-14,26H2,1H3/t21-/m0/s1. The molecule has 31 heavy (non-hydrogen) atoms. The quantitative estimate of drug-likeness (QED) is 0.659. The Morgan fingerprint density at radius 3 is 2.52 bits per heavy atom. The Balaban J connectivity index is 1.49. The first-order valence-electron chi connectivity index (χ1n) is 10.7. The van der Waals surface area contributed by atoms with Crippen LogP contribution < -0.4 is 11.1 Å². The minimum atomic E-state index is -0.414. The summed E-state index contributed by atoms with van der Waals surface area (Å²) in [5.74, 6) is 1.70. The number of benzene rings is 2. The molecule has 1 aliphatic carbocycles. The molecule has 160 valence electrons. The summed E-state index contributed by atoms with van der Waals surface area (Å²) >= 11 is 0. The highest BCUT2D eigenvalue weighted by Gasteiger charge is 2.37. The van der Waals surface area contributed by atoms with Gasteiger partial charge in [-0.1, -0.05) is 17.7 Å². The second-order valence-corrected chi connectivity index (χ2v) is 8.50. The maximum atomic E-state index is 13.5. The van der Waals surface area contributed by atoms with Crippen LogP contribution in [0.4, 0.5) is 15.9 Å². The molecule has 2 aromatic carbocycles. The third-order valence-corrected chi connectivity index (χ3v) is 6.13. The molecule has 1 aromatic heterocycles. The predicted molar refractivity (Wildman–Crippen MR) is 118 cm³/mol. The molecule has 1 fully saturated rings. The lowest BCUT2D eigenvalue weighted by Crippen LogP contribution is -2.47. The molecule has 6 nitrogen and oxygen atoms in total. The summed E-state index contributed by atoms with van der Waals surface area (Å²) in [6.45, 7) is 3.68. The van der Waals surface area contributed by atoms with Gasteiger partial charge in [-0.2, -0.15) is 0 Å². The van der Waals surface area contributed by atoms with Crippen molar-refractivity contribution < 1.29 is 9.18 Å². The van der Waals surface area contributed by atoms with Crippen LogP contribution in [0.3, 0.4) is 0 Å². The zero-order valence-corrected chi connectivity index (χ0v) is 17.5. The molecular formula is C24H26FN5O. The van der Waals surface area contributed by atoms with Gasteiger partial charge >= 0.3 is 0 Å². The van der Waals surface area contributed by atoms with E-state index in [0.29, 0.717) is 25.6 Å². The summed E-state index contributed by atoms with van der Waals surface area (Å²) in [4.78, 5) is 19.5. The average Bonchev–Trinajstić information content (AvgIpc) is 3.57. The number of anilines is 2. The summed E-state index contributed by atoms with van der Waals surface area (Å²) in [7, 11) is 0. The van der Waals surface area contributed by atoms with Crippen LogP contribution in [0.15, 0.2) is 48.5 Å². The van der Waals surface area contributed by atoms with E-state index in [2.05, 4.69) is 9.88 Å². The highest BCUT2D eigenvalue weighted by atomic mass is 19.1. The molecule has 7 heteroatoms. The number of aromatic nitrogens is 2. The molecule has 1 saturated carbocycles. The second kappa shape index (κ2) is 7.81. The minimum Gasteiger partial charge on any atom is -0.340 e. The highest BCUT2D eigenvalue weighted by molar-refractivity contribution is 5.83. The Bertz CT molecular complexity index is 1100. The molecule has 1 amide bonds. The summed E-state index contributed by atoms with van der Waals surface area (Å²) in [5, 5.41) is 3.49. The summed E-state index contributed by atoms with van der Waals surface area (Å²) in [5.41, 5.74) is 9.86. The van der Waals surface area contributed by atoms with Crippen molar-refractivity contribution in [1.29, 1.82) is 0 Å². The van der Waals surface area contributed by atoms with E-state index in [1.54, 1.807) is 12.1 Å². The van der Waals surface area contributed by atoms with Crippen molar-refractivity contribution in [1.82, 2.24) is 14.5 Å². The Morgan fingerprint density at radius 1 is 1.13 bits per heavy atom. The summed E-state index contributed by atoms with van der Waals surface area (Å²) in [6, 6.07) is 14.1. The molecule has 0 bridgehead atoms. The third-order valence-electron chi connectivity index (χ3n) is 6.13. The van der Waals surface area contributed by atoms with Gasteiger partial charge in [-0.15, -0.1) is 0 Å². The van der Waals surface area contributed by atoms with Crippen LogP contribution in [0.5, 0.6) is 0 Å². The summed E-state index contributed by atoms with van der Waals surface area (Å²) in [6.07, 6.45) is 2.07. The van der Waals surface area contributed by atoms with E-state index in [0.717, 1.165) is 41.4 Å². The number of imidazole rings is 1. The van der Waals surface area contributed by atoms with Crippen LogP contribution in [0.25, 0.3) is 11.3 Å². The molecule has 0 saturated heterocycles. The minimum absolute atomic E-state index is 0.00752. The van der Waals surface area contributed by atoms with Gasteiger partial charge in [-0.25, -0.2) is 9.37 Å². The number of rotatable bonds is 5. The monoisotopic (exact) mass is 419 g/mol. The topological polar surface area (TPSA) is 76.2 Å². The van der Waals surface area contributed by atoms with E-state index in [4.69, 9.17) is 10.7 Å². The normalized spacial score (nSPS) is 16.7. The summed E-state index contributed by atoms with van der Waals surface area (Å²) < 4.78 is 15.6. The maximum absolute atomic E-state index is 13.5. The van der Waals surface area contributed by atoms with Gasteiger partial charge in [0.1, 0.15) is 23.2 Å². The van der Waals surface area contributed by atoms with Crippen LogP contribution in [0.2, 0.25) is 0 Å². The van der Waals surface area contributed by atoms with Gasteiger partial charge in [0, 0.05) is 24.3 Å². The first kappa shape index (κ1) is 19.8. The SMILES string of the molecule is Cc1ccc(Nc2c(-c3ccc(F)cc3)nc3n2CCN(C(=O)[C@@H](N)C2CC2)C3)cc1. The number of nitrogens with one attached hydrogen (secondary N) is 1. The van der Waals surface area contributed by atoms with Crippen molar-refractivity contribution in [3.8, 4) is 11.3 Å². The molecule has 3 N–H and O–H groups in total. The number of halogens is 1. The lowest BCUT2D eigenvalue weighted by Gasteiger charge is -2.30. The fraction of sp³-hybridized carbons (Fsp3) is 0.333. The molecule has 0 spiro atoms.